The Morgan fingerprint density at radius 1 is 0.545 bits per heavy atom. The standard InChI is InChI=1S/C30H25BS2/c1-14-15(2)17(4)28-25(16(14)3)26-27(31)18(5)24(19(6)29(26)33-28)22-12-9-11-21-20-10-7-8-13-23(20)32-30(21)22/h7-13H,1-6H3. The van der Waals surface area contributed by atoms with E-state index in [2.05, 4.69) is 84.0 Å². The molecule has 0 aliphatic heterocycles. The van der Waals surface area contributed by atoms with E-state index in [1.165, 1.54) is 84.9 Å². The Labute approximate surface area is 204 Å². The Hall–Kier alpha value is -2.62. The zero-order valence-electron chi connectivity index (χ0n) is 19.9. The van der Waals surface area contributed by atoms with Crippen LogP contribution in [0.5, 0.6) is 0 Å². The van der Waals surface area contributed by atoms with Gasteiger partial charge in [-0.05, 0) is 91.9 Å². The van der Waals surface area contributed by atoms with Crippen molar-refractivity contribution < 1.29 is 0 Å². The van der Waals surface area contributed by atoms with Crippen LogP contribution in [-0.2, 0) is 0 Å². The molecule has 0 fully saturated rings. The molecule has 160 valence electrons. The molecule has 0 atom stereocenters. The van der Waals surface area contributed by atoms with E-state index in [9.17, 15) is 0 Å². The molecule has 6 rings (SSSR count). The number of hydrogen-bond donors (Lipinski definition) is 0. The van der Waals surface area contributed by atoms with E-state index in [1.54, 1.807) is 0 Å². The number of rotatable bonds is 1. The summed E-state index contributed by atoms with van der Waals surface area (Å²) in [6.45, 7) is 13.5. The van der Waals surface area contributed by atoms with E-state index < -0.39 is 0 Å². The van der Waals surface area contributed by atoms with Gasteiger partial charge in [0, 0.05) is 40.5 Å². The minimum absolute atomic E-state index is 0.931. The summed E-state index contributed by atoms with van der Waals surface area (Å²) in [6, 6.07) is 15.4. The van der Waals surface area contributed by atoms with Crippen molar-refractivity contribution in [3.63, 3.8) is 0 Å². The molecule has 0 bridgehead atoms. The molecule has 4 aromatic carbocycles. The normalized spacial score (nSPS) is 12.1. The van der Waals surface area contributed by atoms with Crippen molar-refractivity contribution in [2.45, 2.75) is 41.5 Å². The lowest BCUT2D eigenvalue weighted by molar-refractivity contribution is 1.26. The third-order valence-electron chi connectivity index (χ3n) is 7.75. The van der Waals surface area contributed by atoms with Gasteiger partial charge in [0.15, 0.2) is 0 Å². The van der Waals surface area contributed by atoms with Gasteiger partial charge in [-0.15, -0.1) is 22.7 Å². The predicted octanol–water partition coefficient (Wildman–Crippen LogP) is 8.73. The van der Waals surface area contributed by atoms with Crippen LogP contribution in [0.25, 0.3) is 51.5 Å². The van der Waals surface area contributed by atoms with Gasteiger partial charge in [-0.25, -0.2) is 0 Å². The molecule has 0 saturated heterocycles. The fourth-order valence-corrected chi connectivity index (χ4v) is 8.22. The molecule has 33 heavy (non-hydrogen) atoms. The second-order valence-corrected chi connectivity index (χ2v) is 11.4. The van der Waals surface area contributed by atoms with Crippen molar-refractivity contribution in [3.8, 4) is 11.1 Å². The van der Waals surface area contributed by atoms with Crippen molar-refractivity contribution in [1.82, 2.24) is 0 Å². The van der Waals surface area contributed by atoms with E-state index in [0.29, 0.717) is 0 Å². The topological polar surface area (TPSA) is 0 Å². The first-order valence-corrected chi connectivity index (χ1v) is 13.1. The third kappa shape index (κ3) is 2.70. The summed E-state index contributed by atoms with van der Waals surface area (Å²) in [6.07, 6.45) is 0. The maximum absolute atomic E-state index is 6.97. The van der Waals surface area contributed by atoms with E-state index >= 15 is 0 Å². The monoisotopic (exact) mass is 460 g/mol. The van der Waals surface area contributed by atoms with Crippen LogP contribution >= 0.6 is 22.7 Å². The Morgan fingerprint density at radius 2 is 1.21 bits per heavy atom. The summed E-state index contributed by atoms with van der Waals surface area (Å²) < 4.78 is 5.40. The zero-order valence-corrected chi connectivity index (χ0v) is 21.6. The van der Waals surface area contributed by atoms with E-state index in [4.69, 9.17) is 7.85 Å². The van der Waals surface area contributed by atoms with Crippen LogP contribution in [0.4, 0.5) is 0 Å². The number of thiophene rings is 2. The van der Waals surface area contributed by atoms with Gasteiger partial charge in [0.1, 0.15) is 7.85 Å². The highest BCUT2D eigenvalue weighted by atomic mass is 32.1. The quantitative estimate of drug-likeness (QED) is 0.215. The average molecular weight is 460 g/mol. The van der Waals surface area contributed by atoms with Crippen molar-refractivity contribution in [2.75, 3.05) is 0 Å². The molecule has 0 aliphatic carbocycles. The van der Waals surface area contributed by atoms with Gasteiger partial charge in [0.25, 0.3) is 0 Å². The van der Waals surface area contributed by atoms with Gasteiger partial charge < -0.3 is 0 Å². The SMILES string of the molecule is [B]c1c(C)c(-c2cccc3c2sc2ccccc23)c(C)c2sc3c(C)c(C)c(C)c(C)c3c12. The van der Waals surface area contributed by atoms with Gasteiger partial charge in [-0.3, -0.25) is 0 Å². The van der Waals surface area contributed by atoms with Crippen LogP contribution in [0.3, 0.4) is 0 Å². The molecule has 0 nitrogen and oxygen atoms in total. The summed E-state index contributed by atoms with van der Waals surface area (Å²) in [5, 5.41) is 5.27. The Bertz CT molecular complexity index is 1780. The Kier molecular flexibility index (Phi) is 4.57. The van der Waals surface area contributed by atoms with Crippen LogP contribution in [0.1, 0.15) is 33.4 Å². The second kappa shape index (κ2) is 7.19. The van der Waals surface area contributed by atoms with E-state index in [1.807, 2.05) is 22.7 Å². The molecule has 0 unspecified atom stereocenters. The van der Waals surface area contributed by atoms with Crippen molar-refractivity contribution in [1.29, 1.82) is 0 Å². The predicted molar refractivity (Wildman–Crippen MR) is 151 cm³/mol. The molecule has 0 N–H and O–H groups in total. The number of benzene rings is 4. The molecule has 0 saturated carbocycles. The number of fused-ring (bicyclic) bond motifs is 6. The summed E-state index contributed by atoms with van der Waals surface area (Å²) in [7, 11) is 6.97. The molecule has 2 radical (unpaired) electrons. The second-order valence-electron chi connectivity index (χ2n) is 9.33. The van der Waals surface area contributed by atoms with Gasteiger partial charge in [0.05, 0.1) is 0 Å². The zero-order chi connectivity index (χ0) is 23.2. The third-order valence-corrected chi connectivity index (χ3v) is 10.4. The maximum Gasteiger partial charge on any atom is 0.115 e. The lowest BCUT2D eigenvalue weighted by Gasteiger charge is -2.17. The van der Waals surface area contributed by atoms with Crippen LogP contribution in [0.15, 0.2) is 42.5 Å². The molecule has 0 aliphatic rings. The Morgan fingerprint density at radius 3 is 2.00 bits per heavy atom. The van der Waals surface area contributed by atoms with Gasteiger partial charge in [-0.1, -0.05) is 41.9 Å². The average Bonchev–Trinajstić information content (AvgIpc) is 3.40. The Balaban J connectivity index is 1.79. The maximum atomic E-state index is 6.97. The van der Waals surface area contributed by atoms with Crippen LogP contribution < -0.4 is 5.46 Å². The molecule has 3 heteroatoms. The first-order valence-electron chi connectivity index (χ1n) is 11.4. The van der Waals surface area contributed by atoms with Crippen LogP contribution in [-0.4, -0.2) is 7.85 Å². The summed E-state index contributed by atoms with van der Waals surface area (Å²) in [4.78, 5) is 0. The van der Waals surface area contributed by atoms with Crippen molar-refractivity contribution >= 4 is 76.3 Å². The van der Waals surface area contributed by atoms with Gasteiger partial charge in [-0.2, -0.15) is 0 Å². The minimum atomic E-state index is 0.931. The summed E-state index contributed by atoms with van der Waals surface area (Å²) >= 11 is 3.81. The van der Waals surface area contributed by atoms with Crippen molar-refractivity contribution in [2.24, 2.45) is 0 Å². The van der Waals surface area contributed by atoms with E-state index in [0.717, 1.165) is 5.46 Å². The van der Waals surface area contributed by atoms with E-state index in [-0.39, 0.29) is 0 Å². The highest BCUT2D eigenvalue weighted by molar-refractivity contribution is 7.27. The molecule has 2 heterocycles. The molecule has 0 amide bonds. The van der Waals surface area contributed by atoms with Crippen molar-refractivity contribution in [3.05, 3.63) is 75.8 Å². The van der Waals surface area contributed by atoms with Gasteiger partial charge in [0.2, 0.25) is 0 Å². The van der Waals surface area contributed by atoms with Gasteiger partial charge >= 0.3 is 0 Å². The highest BCUT2D eigenvalue weighted by Gasteiger charge is 2.22. The first kappa shape index (κ1) is 21.0. The fourth-order valence-electron chi connectivity index (χ4n) is 5.56. The minimum Gasteiger partial charge on any atom is -0.135 e. The molecular formula is C30H25BS2. The molecule has 2 aromatic heterocycles. The summed E-state index contributed by atoms with van der Waals surface area (Å²) in [5.41, 5.74) is 11.6. The van der Waals surface area contributed by atoms with Crippen LogP contribution in [0, 0.1) is 41.5 Å². The molecule has 0 spiro atoms. The fraction of sp³-hybridized carbons (Fsp3) is 0.200. The number of hydrogen-bond acceptors (Lipinski definition) is 2. The molecular weight excluding hydrogens is 435 g/mol. The first-order chi connectivity index (χ1) is 15.8. The van der Waals surface area contributed by atoms with Crippen LogP contribution in [0.2, 0.25) is 0 Å². The lowest BCUT2D eigenvalue weighted by Crippen LogP contribution is -2.11. The molecule has 6 aromatic rings. The highest BCUT2D eigenvalue weighted by Crippen LogP contribution is 2.46. The summed E-state index contributed by atoms with van der Waals surface area (Å²) in [5.74, 6) is 0. The number of aryl methyl sites for hydroxylation is 3. The largest absolute Gasteiger partial charge is 0.135 e. The smallest absolute Gasteiger partial charge is 0.115 e. The lowest BCUT2D eigenvalue weighted by atomic mass is 9.79.